The second kappa shape index (κ2) is 4.11. The maximum absolute atomic E-state index is 13.5. The fraction of sp³-hybridized carbons (Fsp3) is 0. The fourth-order valence-corrected chi connectivity index (χ4v) is 2.12. The minimum absolute atomic E-state index is 0.366. The first-order valence-corrected chi connectivity index (χ1v) is 5.61. The molecule has 3 heteroatoms. The molecule has 0 saturated carbocycles. The summed E-state index contributed by atoms with van der Waals surface area (Å²) in [5.74, 6) is 0. The van der Waals surface area contributed by atoms with Gasteiger partial charge in [-0.15, -0.1) is 0 Å². The molecule has 3 rings (SSSR count). The smallest absolute Gasteiger partial charge is 0.152 e. The Kier molecular flexibility index (Phi) is 2.45. The summed E-state index contributed by atoms with van der Waals surface area (Å²) in [5, 5.41) is 0.633. The lowest BCUT2D eigenvalue weighted by atomic mass is 10.0. The molecular formula is C15H10FNO. The third-order valence-corrected chi connectivity index (χ3v) is 3.02. The number of rotatable bonds is 2. The molecule has 2 nitrogen and oxygen atoms in total. The third kappa shape index (κ3) is 1.61. The number of benzene rings is 2. The molecular weight excluding hydrogens is 229 g/mol. The van der Waals surface area contributed by atoms with Crippen LogP contribution in [0.25, 0.3) is 22.0 Å². The molecule has 0 fully saturated rings. The lowest BCUT2D eigenvalue weighted by Gasteiger charge is -2.02. The van der Waals surface area contributed by atoms with Crippen molar-refractivity contribution < 1.29 is 9.28 Å². The number of halogens is 1. The summed E-state index contributed by atoms with van der Waals surface area (Å²) in [7, 11) is 0. The van der Waals surface area contributed by atoms with Gasteiger partial charge in [-0.1, -0.05) is 40.9 Å². The van der Waals surface area contributed by atoms with E-state index in [1.807, 2.05) is 42.5 Å². The summed E-state index contributed by atoms with van der Waals surface area (Å²) in [5.41, 5.74) is 2.79. The van der Waals surface area contributed by atoms with E-state index in [-0.39, 0.29) is 0 Å². The molecule has 1 heterocycles. The Morgan fingerprint density at radius 3 is 2.50 bits per heavy atom. The molecule has 3 aromatic rings. The van der Waals surface area contributed by atoms with Crippen molar-refractivity contribution in [1.29, 1.82) is 0 Å². The summed E-state index contributed by atoms with van der Waals surface area (Å²) in [4.78, 5) is 11.4. The van der Waals surface area contributed by atoms with Crippen LogP contribution in [-0.2, 0) is 0 Å². The zero-order valence-corrected chi connectivity index (χ0v) is 9.51. The summed E-state index contributed by atoms with van der Waals surface area (Å²) >= 11 is 0. The van der Waals surface area contributed by atoms with Gasteiger partial charge in [0.05, 0.1) is 5.52 Å². The van der Waals surface area contributed by atoms with Gasteiger partial charge in [0.2, 0.25) is 0 Å². The molecule has 0 aliphatic carbocycles. The predicted octanol–water partition coefficient (Wildman–Crippen LogP) is 3.85. The zero-order chi connectivity index (χ0) is 12.5. The van der Waals surface area contributed by atoms with Crippen molar-refractivity contribution in [3.8, 4) is 11.1 Å². The highest BCUT2D eigenvalue weighted by molar-refractivity contribution is 5.99. The maximum Gasteiger partial charge on any atom is 0.152 e. The van der Waals surface area contributed by atoms with Crippen LogP contribution >= 0.6 is 0 Å². The topological polar surface area (TPSA) is 22.0 Å². The Bertz CT molecular complexity index is 716. The highest BCUT2D eigenvalue weighted by atomic mass is 19.2. The quantitative estimate of drug-likeness (QED) is 0.622. The van der Waals surface area contributed by atoms with Crippen LogP contribution in [0.2, 0.25) is 0 Å². The number of aldehydes is 1. The minimum Gasteiger partial charge on any atom is -0.298 e. The number of fused-ring (bicyclic) bond motifs is 1. The first-order chi connectivity index (χ1) is 8.79. The van der Waals surface area contributed by atoms with Gasteiger partial charge in [0.25, 0.3) is 0 Å². The van der Waals surface area contributed by atoms with Gasteiger partial charge >= 0.3 is 0 Å². The number of carbonyl (C=O) groups is 1. The standard InChI is InChI=1S/C15H10FNO/c16-17-9-13(10-18)14-8-12(6-7-15(14)17)11-4-2-1-3-5-11/h1-10H. The van der Waals surface area contributed by atoms with Gasteiger partial charge in [-0.25, -0.2) is 0 Å². The molecule has 0 spiro atoms. The Morgan fingerprint density at radius 1 is 1.00 bits per heavy atom. The third-order valence-electron chi connectivity index (χ3n) is 3.02. The van der Waals surface area contributed by atoms with E-state index in [9.17, 15) is 9.28 Å². The molecule has 0 amide bonds. The normalized spacial score (nSPS) is 10.7. The Hall–Kier alpha value is -2.42. The molecule has 0 saturated heterocycles. The Morgan fingerprint density at radius 2 is 1.78 bits per heavy atom. The van der Waals surface area contributed by atoms with Crippen LogP contribution < -0.4 is 0 Å². The molecule has 0 aliphatic rings. The van der Waals surface area contributed by atoms with Crippen LogP contribution in [0.5, 0.6) is 0 Å². The van der Waals surface area contributed by atoms with Crippen molar-refractivity contribution in [2.75, 3.05) is 0 Å². The van der Waals surface area contributed by atoms with Gasteiger partial charge in [0.15, 0.2) is 6.29 Å². The summed E-state index contributed by atoms with van der Waals surface area (Å²) in [6.07, 6.45) is 1.87. The predicted molar refractivity (Wildman–Crippen MR) is 69.3 cm³/mol. The van der Waals surface area contributed by atoms with E-state index >= 15 is 0 Å². The molecule has 0 radical (unpaired) electrons. The van der Waals surface area contributed by atoms with Crippen molar-refractivity contribution in [2.24, 2.45) is 0 Å². The van der Waals surface area contributed by atoms with E-state index in [2.05, 4.69) is 0 Å². The van der Waals surface area contributed by atoms with Crippen LogP contribution in [0.4, 0.5) is 4.48 Å². The zero-order valence-electron chi connectivity index (χ0n) is 9.51. The van der Waals surface area contributed by atoms with Gasteiger partial charge in [0, 0.05) is 17.1 Å². The van der Waals surface area contributed by atoms with E-state index < -0.39 is 0 Å². The minimum atomic E-state index is 0.366. The number of hydrogen-bond donors (Lipinski definition) is 0. The van der Waals surface area contributed by atoms with Gasteiger partial charge in [-0.05, 0) is 23.3 Å². The number of carbonyl (C=O) groups excluding carboxylic acids is 1. The molecule has 0 atom stereocenters. The molecule has 1 aromatic heterocycles. The monoisotopic (exact) mass is 239 g/mol. The van der Waals surface area contributed by atoms with E-state index in [0.29, 0.717) is 27.5 Å². The Balaban J connectivity index is 2.25. The molecule has 0 bridgehead atoms. The second-order valence-corrected chi connectivity index (χ2v) is 4.11. The molecule has 2 aromatic carbocycles. The van der Waals surface area contributed by atoms with Gasteiger partial charge in [-0.2, -0.15) is 4.79 Å². The van der Waals surface area contributed by atoms with Gasteiger partial charge < -0.3 is 0 Å². The largest absolute Gasteiger partial charge is 0.298 e. The second-order valence-electron chi connectivity index (χ2n) is 4.11. The molecule has 0 unspecified atom stereocenters. The SMILES string of the molecule is O=Cc1cn(F)c2ccc(-c3ccccc3)cc12. The molecule has 88 valence electrons. The van der Waals surface area contributed by atoms with E-state index in [0.717, 1.165) is 11.1 Å². The van der Waals surface area contributed by atoms with Gasteiger partial charge in [0.1, 0.15) is 0 Å². The van der Waals surface area contributed by atoms with Crippen LogP contribution in [0.15, 0.2) is 54.7 Å². The van der Waals surface area contributed by atoms with Gasteiger partial charge in [-0.3, -0.25) is 4.79 Å². The molecule has 0 N–H and O–H groups in total. The van der Waals surface area contributed by atoms with Crippen molar-refractivity contribution in [3.63, 3.8) is 0 Å². The number of nitrogens with zero attached hydrogens (tertiary/aromatic N) is 1. The lowest BCUT2D eigenvalue weighted by molar-refractivity contribution is 0.112. The van der Waals surface area contributed by atoms with Crippen molar-refractivity contribution >= 4 is 17.2 Å². The highest BCUT2D eigenvalue weighted by Crippen LogP contribution is 2.27. The van der Waals surface area contributed by atoms with Crippen LogP contribution in [0, 0.1) is 0 Å². The lowest BCUT2D eigenvalue weighted by Crippen LogP contribution is -1.80. The average Bonchev–Trinajstić information content (AvgIpc) is 2.76. The van der Waals surface area contributed by atoms with E-state index in [1.54, 1.807) is 6.07 Å². The molecule has 0 aliphatic heterocycles. The van der Waals surface area contributed by atoms with E-state index in [4.69, 9.17) is 0 Å². The molecule has 18 heavy (non-hydrogen) atoms. The van der Waals surface area contributed by atoms with Crippen molar-refractivity contribution in [2.45, 2.75) is 0 Å². The average molecular weight is 239 g/mol. The summed E-state index contributed by atoms with van der Waals surface area (Å²) < 4.78 is 13.5. The number of aromatic nitrogens is 1. The van der Waals surface area contributed by atoms with Crippen LogP contribution in [0.3, 0.4) is 0 Å². The van der Waals surface area contributed by atoms with Crippen LogP contribution in [-0.4, -0.2) is 11.1 Å². The van der Waals surface area contributed by atoms with E-state index in [1.165, 1.54) is 6.20 Å². The fourth-order valence-electron chi connectivity index (χ4n) is 2.12. The highest BCUT2D eigenvalue weighted by Gasteiger charge is 2.09. The maximum atomic E-state index is 13.5. The first kappa shape index (κ1) is 10.7. The summed E-state index contributed by atoms with van der Waals surface area (Å²) in [6.45, 7) is 0. The van der Waals surface area contributed by atoms with Crippen molar-refractivity contribution in [1.82, 2.24) is 4.79 Å². The Labute approximate surface area is 103 Å². The van der Waals surface area contributed by atoms with Crippen molar-refractivity contribution in [3.05, 3.63) is 60.3 Å². The number of hydrogen-bond acceptors (Lipinski definition) is 1. The van der Waals surface area contributed by atoms with Crippen LogP contribution in [0.1, 0.15) is 10.4 Å². The summed E-state index contributed by atoms with van der Waals surface area (Å²) in [6, 6.07) is 15.2. The first-order valence-electron chi connectivity index (χ1n) is 5.61.